The number of aromatic nitrogens is 4. The van der Waals surface area contributed by atoms with Gasteiger partial charge in [-0.1, -0.05) is 20.8 Å². The van der Waals surface area contributed by atoms with Crippen LogP contribution in [-0.4, -0.2) is 26.8 Å². The molecule has 2 aromatic rings. The molecule has 0 saturated heterocycles. The van der Waals surface area contributed by atoms with E-state index in [1.165, 1.54) is 0 Å². The molecule has 0 aromatic carbocycles. The fraction of sp³-hybridized carbons (Fsp3) is 0.533. The first-order chi connectivity index (χ1) is 9.36. The molecule has 5 heteroatoms. The summed E-state index contributed by atoms with van der Waals surface area (Å²) in [5.41, 5.74) is 2.95. The normalized spacial score (nSPS) is 11.7. The van der Waals surface area contributed by atoms with Gasteiger partial charge in [0.25, 0.3) is 0 Å². The minimum Gasteiger partial charge on any atom is -0.373 e. The van der Waals surface area contributed by atoms with E-state index in [1.807, 2.05) is 31.0 Å². The molecular formula is C15H23N5. The van der Waals surface area contributed by atoms with Gasteiger partial charge >= 0.3 is 0 Å². The van der Waals surface area contributed by atoms with Crippen LogP contribution in [0.15, 0.2) is 12.4 Å². The SMILES string of the molecule is CCn1cc(-c2nc(C(C)(C)C)nc(NC)c2C)cn1. The summed E-state index contributed by atoms with van der Waals surface area (Å²) in [7, 11) is 1.89. The number of rotatable bonds is 3. The van der Waals surface area contributed by atoms with E-state index >= 15 is 0 Å². The smallest absolute Gasteiger partial charge is 0.136 e. The van der Waals surface area contributed by atoms with Crippen molar-refractivity contribution in [3.8, 4) is 11.3 Å². The van der Waals surface area contributed by atoms with Crippen LogP contribution in [0.25, 0.3) is 11.3 Å². The Labute approximate surface area is 120 Å². The molecule has 0 spiro atoms. The van der Waals surface area contributed by atoms with Gasteiger partial charge in [0.05, 0.1) is 11.9 Å². The maximum atomic E-state index is 4.77. The highest BCUT2D eigenvalue weighted by Gasteiger charge is 2.21. The van der Waals surface area contributed by atoms with Crippen LogP contribution in [0.3, 0.4) is 0 Å². The summed E-state index contributed by atoms with van der Waals surface area (Å²) >= 11 is 0. The average molecular weight is 273 g/mol. The van der Waals surface area contributed by atoms with Crippen molar-refractivity contribution in [2.45, 2.75) is 46.6 Å². The number of nitrogens with zero attached hydrogens (tertiary/aromatic N) is 4. The van der Waals surface area contributed by atoms with E-state index in [4.69, 9.17) is 4.98 Å². The van der Waals surface area contributed by atoms with E-state index in [0.29, 0.717) is 0 Å². The molecule has 0 saturated carbocycles. The highest BCUT2D eigenvalue weighted by molar-refractivity contribution is 5.67. The second-order valence-corrected chi connectivity index (χ2v) is 5.95. The van der Waals surface area contributed by atoms with Crippen molar-refractivity contribution in [2.24, 2.45) is 0 Å². The highest BCUT2D eigenvalue weighted by atomic mass is 15.3. The summed E-state index contributed by atoms with van der Waals surface area (Å²) in [5, 5.41) is 7.50. The fourth-order valence-electron chi connectivity index (χ4n) is 2.04. The first-order valence-corrected chi connectivity index (χ1v) is 6.96. The predicted octanol–water partition coefficient (Wildman–Crippen LogP) is 3.01. The Hall–Kier alpha value is -1.91. The molecule has 2 aromatic heterocycles. The van der Waals surface area contributed by atoms with Gasteiger partial charge < -0.3 is 5.32 Å². The Balaban J connectivity index is 2.61. The molecule has 0 aliphatic rings. The summed E-state index contributed by atoms with van der Waals surface area (Å²) in [5.74, 6) is 1.72. The van der Waals surface area contributed by atoms with Gasteiger partial charge in [0.15, 0.2) is 0 Å². The van der Waals surface area contributed by atoms with E-state index in [2.05, 4.69) is 43.1 Å². The molecule has 0 unspecified atom stereocenters. The van der Waals surface area contributed by atoms with Gasteiger partial charge in [-0.3, -0.25) is 4.68 Å². The molecule has 0 radical (unpaired) electrons. The zero-order valence-electron chi connectivity index (χ0n) is 13.2. The molecular weight excluding hydrogens is 250 g/mol. The Morgan fingerprint density at radius 1 is 1.25 bits per heavy atom. The monoisotopic (exact) mass is 273 g/mol. The zero-order chi connectivity index (χ0) is 14.9. The highest BCUT2D eigenvalue weighted by Crippen LogP contribution is 2.29. The van der Waals surface area contributed by atoms with Gasteiger partial charge in [-0.05, 0) is 13.8 Å². The molecule has 0 amide bonds. The Morgan fingerprint density at radius 3 is 2.45 bits per heavy atom. The van der Waals surface area contributed by atoms with Crippen LogP contribution in [0.4, 0.5) is 5.82 Å². The second-order valence-electron chi connectivity index (χ2n) is 5.95. The molecule has 0 atom stereocenters. The van der Waals surface area contributed by atoms with Crippen LogP contribution in [-0.2, 0) is 12.0 Å². The van der Waals surface area contributed by atoms with Crippen molar-refractivity contribution < 1.29 is 0 Å². The third-order valence-electron chi connectivity index (χ3n) is 3.28. The van der Waals surface area contributed by atoms with E-state index in [9.17, 15) is 0 Å². The van der Waals surface area contributed by atoms with E-state index in [1.54, 1.807) is 0 Å². The van der Waals surface area contributed by atoms with Crippen molar-refractivity contribution >= 4 is 5.82 Å². The van der Waals surface area contributed by atoms with Gasteiger partial charge in [0.2, 0.25) is 0 Å². The van der Waals surface area contributed by atoms with Crippen LogP contribution in [0.1, 0.15) is 39.1 Å². The van der Waals surface area contributed by atoms with Gasteiger partial charge in [-0.15, -0.1) is 0 Å². The lowest BCUT2D eigenvalue weighted by Gasteiger charge is -2.20. The topological polar surface area (TPSA) is 55.6 Å². The Bertz CT molecular complexity index is 607. The van der Waals surface area contributed by atoms with Crippen molar-refractivity contribution in [1.29, 1.82) is 0 Å². The largest absolute Gasteiger partial charge is 0.373 e. The standard InChI is InChI=1S/C15H23N5/c1-7-20-9-11(8-17-20)12-10(2)13(16-6)19-14(18-12)15(3,4)5/h8-9H,7H2,1-6H3,(H,16,18,19). The van der Waals surface area contributed by atoms with Crippen molar-refractivity contribution in [2.75, 3.05) is 12.4 Å². The maximum Gasteiger partial charge on any atom is 0.136 e. The average Bonchev–Trinajstić information content (AvgIpc) is 2.86. The molecule has 0 aliphatic carbocycles. The van der Waals surface area contributed by atoms with Gasteiger partial charge in [-0.2, -0.15) is 5.10 Å². The third-order valence-corrected chi connectivity index (χ3v) is 3.28. The zero-order valence-corrected chi connectivity index (χ0v) is 13.2. The van der Waals surface area contributed by atoms with Gasteiger partial charge in [-0.25, -0.2) is 9.97 Å². The lowest BCUT2D eigenvalue weighted by molar-refractivity contribution is 0.546. The van der Waals surface area contributed by atoms with E-state index in [-0.39, 0.29) is 5.41 Å². The number of hydrogen-bond donors (Lipinski definition) is 1. The molecule has 2 heterocycles. The minimum atomic E-state index is -0.0885. The molecule has 5 nitrogen and oxygen atoms in total. The summed E-state index contributed by atoms with van der Waals surface area (Å²) in [4.78, 5) is 9.39. The molecule has 1 N–H and O–H groups in total. The Kier molecular flexibility index (Phi) is 3.79. The number of anilines is 1. The van der Waals surface area contributed by atoms with E-state index < -0.39 is 0 Å². The van der Waals surface area contributed by atoms with Crippen LogP contribution in [0, 0.1) is 6.92 Å². The van der Waals surface area contributed by atoms with Crippen LogP contribution >= 0.6 is 0 Å². The molecule has 0 aliphatic heterocycles. The molecule has 0 bridgehead atoms. The number of hydrogen-bond acceptors (Lipinski definition) is 4. The molecule has 0 fully saturated rings. The van der Waals surface area contributed by atoms with Crippen LogP contribution in [0.2, 0.25) is 0 Å². The summed E-state index contributed by atoms with van der Waals surface area (Å²) < 4.78 is 1.91. The number of aryl methyl sites for hydroxylation is 1. The lowest BCUT2D eigenvalue weighted by Crippen LogP contribution is -2.18. The minimum absolute atomic E-state index is 0.0885. The summed E-state index contributed by atoms with van der Waals surface area (Å²) in [6.45, 7) is 11.3. The first-order valence-electron chi connectivity index (χ1n) is 6.96. The lowest BCUT2D eigenvalue weighted by atomic mass is 9.95. The molecule has 20 heavy (non-hydrogen) atoms. The van der Waals surface area contributed by atoms with Crippen molar-refractivity contribution in [3.05, 3.63) is 23.8 Å². The van der Waals surface area contributed by atoms with Crippen LogP contribution < -0.4 is 5.32 Å². The first kappa shape index (κ1) is 14.5. The van der Waals surface area contributed by atoms with Gasteiger partial charge in [0.1, 0.15) is 11.6 Å². The van der Waals surface area contributed by atoms with E-state index in [0.717, 1.165) is 35.0 Å². The molecule has 108 valence electrons. The predicted molar refractivity (Wildman–Crippen MR) is 81.9 cm³/mol. The van der Waals surface area contributed by atoms with Crippen molar-refractivity contribution in [1.82, 2.24) is 19.7 Å². The van der Waals surface area contributed by atoms with Gasteiger partial charge in [0, 0.05) is 36.3 Å². The Morgan fingerprint density at radius 2 is 1.95 bits per heavy atom. The summed E-state index contributed by atoms with van der Waals surface area (Å²) in [6, 6.07) is 0. The molecule has 2 rings (SSSR count). The van der Waals surface area contributed by atoms with Crippen LogP contribution in [0.5, 0.6) is 0 Å². The quantitative estimate of drug-likeness (QED) is 0.934. The maximum absolute atomic E-state index is 4.77. The third kappa shape index (κ3) is 2.66. The van der Waals surface area contributed by atoms with Crippen molar-refractivity contribution in [3.63, 3.8) is 0 Å². The fourth-order valence-corrected chi connectivity index (χ4v) is 2.04. The number of nitrogens with one attached hydrogen (secondary N) is 1. The second kappa shape index (κ2) is 5.23. The summed E-state index contributed by atoms with van der Waals surface area (Å²) in [6.07, 6.45) is 3.89.